The Morgan fingerprint density at radius 2 is 2.07 bits per heavy atom. The van der Waals surface area contributed by atoms with Gasteiger partial charge in [0.15, 0.2) is 5.96 Å². The molecule has 0 fully saturated rings. The molecule has 0 aliphatic heterocycles. The quantitative estimate of drug-likeness (QED) is 0.167. The summed E-state index contributed by atoms with van der Waals surface area (Å²) in [6, 6.07) is 6.48. The van der Waals surface area contributed by atoms with Gasteiger partial charge in [-0.1, -0.05) is 12.1 Å². The lowest BCUT2D eigenvalue weighted by Crippen LogP contribution is -2.38. The number of aliphatic imine (C=N–C) groups is 1. The van der Waals surface area contributed by atoms with Crippen molar-refractivity contribution in [2.45, 2.75) is 40.0 Å². The third-order valence-electron chi connectivity index (χ3n) is 4.07. The monoisotopic (exact) mass is 486 g/mol. The molecule has 6 nitrogen and oxygen atoms in total. The van der Waals surface area contributed by atoms with Crippen LogP contribution in [0.3, 0.4) is 0 Å². The Balaban J connectivity index is 0.00000364. The Morgan fingerprint density at radius 1 is 1.26 bits per heavy atom. The minimum absolute atomic E-state index is 0. The van der Waals surface area contributed by atoms with Gasteiger partial charge in [-0.15, -0.1) is 24.0 Å². The Kier molecular flexibility index (Phi) is 10.8. The van der Waals surface area contributed by atoms with Gasteiger partial charge in [-0.3, -0.25) is 9.79 Å². The predicted octanol–water partition coefficient (Wildman–Crippen LogP) is 3.54. The molecule has 1 aromatic carbocycles. The van der Waals surface area contributed by atoms with Crippen LogP contribution < -0.4 is 10.6 Å². The zero-order chi connectivity index (χ0) is 18.8. The maximum atomic E-state index is 11.3. The molecule has 1 aromatic heterocycles. The summed E-state index contributed by atoms with van der Waals surface area (Å²) in [6.07, 6.45) is 4.09. The summed E-state index contributed by atoms with van der Waals surface area (Å²) in [7, 11) is 0. The molecule has 0 unspecified atom stereocenters. The molecule has 0 aliphatic rings. The number of fused-ring (bicyclic) bond motifs is 1. The van der Waals surface area contributed by atoms with Gasteiger partial charge in [0.25, 0.3) is 0 Å². The standard InChI is InChI=1S/C20H30N4O2.HI/c1-4-21-20(22-11-6-7-19(25)26-5-2)23-12-10-16-14-24-18-13-15(3)8-9-17(16)18;/h8-9,13-14,24H,4-7,10-12H2,1-3H3,(H2,21,22,23);1H. The molecule has 0 bridgehead atoms. The number of benzene rings is 1. The van der Waals surface area contributed by atoms with E-state index in [0.717, 1.165) is 25.5 Å². The number of ether oxygens (including phenoxy) is 1. The number of guanidine groups is 1. The Hall–Kier alpha value is -1.77. The average Bonchev–Trinajstić information content (AvgIpc) is 3.01. The topological polar surface area (TPSA) is 78.5 Å². The number of aromatic nitrogens is 1. The molecular formula is C20H31IN4O2. The van der Waals surface area contributed by atoms with Crippen LogP contribution in [0.25, 0.3) is 10.9 Å². The highest BCUT2D eigenvalue weighted by Crippen LogP contribution is 2.19. The second kappa shape index (κ2) is 12.6. The minimum Gasteiger partial charge on any atom is -0.466 e. The minimum atomic E-state index is -0.157. The summed E-state index contributed by atoms with van der Waals surface area (Å²) in [6.45, 7) is 8.58. The third kappa shape index (κ3) is 7.78. The first-order chi connectivity index (χ1) is 12.6. The Labute approximate surface area is 178 Å². The van der Waals surface area contributed by atoms with E-state index < -0.39 is 0 Å². The number of esters is 1. The Bertz CT molecular complexity index is 743. The van der Waals surface area contributed by atoms with Crippen LogP contribution in [0.15, 0.2) is 29.4 Å². The van der Waals surface area contributed by atoms with Crippen LogP contribution in [-0.2, 0) is 16.0 Å². The number of nitrogens with one attached hydrogen (secondary N) is 3. The van der Waals surface area contributed by atoms with Crippen molar-refractivity contribution in [3.05, 3.63) is 35.5 Å². The lowest BCUT2D eigenvalue weighted by atomic mass is 10.1. The third-order valence-corrected chi connectivity index (χ3v) is 4.07. The lowest BCUT2D eigenvalue weighted by Gasteiger charge is -2.11. The molecule has 0 atom stereocenters. The van der Waals surface area contributed by atoms with Crippen molar-refractivity contribution in [3.63, 3.8) is 0 Å². The van der Waals surface area contributed by atoms with Gasteiger partial charge in [0.2, 0.25) is 0 Å². The van der Waals surface area contributed by atoms with Crippen molar-refractivity contribution < 1.29 is 9.53 Å². The van der Waals surface area contributed by atoms with E-state index in [9.17, 15) is 4.79 Å². The van der Waals surface area contributed by atoms with Crippen molar-refractivity contribution in [2.24, 2.45) is 4.99 Å². The summed E-state index contributed by atoms with van der Waals surface area (Å²) in [5.41, 5.74) is 3.73. The van der Waals surface area contributed by atoms with E-state index in [1.54, 1.807) is 0 Å². The number of rotatable bonds is 9. The molecule has 1 heterocycles. The highest BCUT2D eigenvalue weighted by Gasteiger charge is 2.05. The number of carbonyl (C=O) groups excluding carboxylic acids is 1. The van der Waals surface area contributed by atoms with Gasteiger partial charge in [0.1, 0.15) is 0 Å². The van der Waals surface area contributed by atoms with Gasteiger partial charge in [-0.25, -0.2) is 0 Å². The van der Waals surface area contributed by atoms with Crippen molar-refractivity contribution >= 4 is 46.8 Å². The highest BCUT2D eigenvalue weighted by atomic mass is 127. The predicted molar refractivity (Wildman–Crippen MR) is 122 cm³/mol. The molecule has 2 rings (SSSR count). The number of H-pyrrole nitrogens is 1. The second-order valence-corrected chi connectivity index (χ2v) is 6.21. The molecule has 7 heteroatoms. The average molecular weight is 486 g/mol. The SMILES string of the molecule is CCNC(=NCCCC(=O)OCC)NCCc1c[nH]c2cc(C)ccc12.I. The smallest absolute Gasteiger partial charge is 0.305 e. The first kappa shape index (κ1) is 23.3. The number of aromatic amines is 1. The van der Waals surface area contributed by atoms with E-state index in [1.165, 1.54) is 22.0 Å². The number of nitrogens with zero attached hydrogens (tertiary/aromatic N) is 1. The highest BCUT2D eigenvalue weighted by molar-refractivity contribution is 14.0. The molecular weight excluding hydrogens is 455 g/mol. The molecule has 0 spiro atoms. The Morgan fingerprint density at radius 3 is 2.81 bits per heavy atom. The fourth-order valence-electron chi connectivity index (χ4n) is 2.81. The van der Waals surface area contributed by atoms with Crippen molar-refractivity contribution in [3.8, 4) is 0 Å². The van der Waals surface area contributed by atoms with E-state index in [1.807, 2.05) is 13.8 Å². The van der Waals surface area contributed by atoms with Crippen LogP contribution in [-0.4, -0.2) is 43.2 Å². The van der Waals surface area contributed by atoms with Gasteiger partial charge in [-0.05, 0) is 50.8 Å². The van der Waals surface area contributed by atoms with Gasteiger partial charge in [0.05, 0.1) is 6.61 Å². The number of hydrogen-bond acceptors (Lipinski definition) is 3. The zero-order valence-electron chi connectivity index (χ0n) is 16.4. The molecule has 0 aliphatic carbocycles. The fraction of sp³-hybridized carbons (Fsp3) is 0.500. The van der Waals surface area contributed by atoms with E-state index in [2.05, 4.69) is 51.9 Å². The van der Waals surface area contributed by atoms with Crippen molar-refractivity contribution in [2.75, 3.05) is 26.2 Å². The second-order valence-electron chi connectivity index (χ2n) is 6.21. The van der Waals surface area contributed by atoms with E-state index in [-0.39, 0.29) is 29.9 Å². The van der Waals surface area contributed by atoms with E-state index >= 15 is 0 Å². The first-order valence-electron chi connectivity index (χ1n) is 9.38. The maximum Gasteiger partial charge on any atom is 0.305 e. The van der Waals surface area contributed by atoms with Crippen LogP contribution in [0, 0.1) is 6.92 Å². The first-order valence-corrected chi connectivity index (χ1v) is 9.38. The van der Waals surface area contributed by atoms with Crippen LogP contribution >= 0.6 is 24.0 Å². The van der Waals surface area contributed by atoms with Crippen LogP contribution in [0.2, 0.25) is 0 Å². The van der Waals surface area contributed by atoms with Crippen LogP contribution in [0.4, 0.5) is 0 Å². The molecule has 2 aromatic rings. The van der Waals surface area contributed by atoms with Gasteiger partial charge >= 0.3 is 5.97 Å². The van der Waals surface area contributed by atoms with E-state index in [4.69, 9.17) is 4.74 Å². The van der Waals surface area contributed by atoms with E-state index in [0.29, 0.717) is 26.0 Å². The molecule has 3 N–H and O–H groups in total. The largest absolute Gasteiger partial charge is 0.466 e. The number of aryl methyl sites for hydroxylation is 1. The van der Waals surface area contributed by atoms with Crippen molar-refractivity contribution in [1.29, 1.82) is 0 Å². The summed E-state index contributed by atoms with van der Waals surface area (Å²) in [5, 5.41) is 7.86. The molecule has 0 radical (unpaired) electrons. The van der Waals surface area contributed by atoms with Gasteiger partial charge in [0, 0.05) is 43.2 Å². The number of hydrogen-bond donors (Lipinski definition) is 3. The van der Waals surface area contributed by atoms with Gasteiger partial charge in [-0.2, -0.15) is 0 Å². The maximum absolute atomic E-state index is 11.3. The molecule has 0 amide bonds. The molecule has 27 heavy (non-hydrogen) atoms. The lowest BCUT2D eigenvalue weighted by molar-refractivity contribution is -0.143. The number of halogens is 1. The number of carbonyl (C=O) groups is 1. The molecule has 150 valence electrons. The summed E-state index contributed by atoms with van der Waals surface area (Å²) >= 11 is 0. The molecule has 0 saturated heterocycles. The van der Waals surface area contributed by atoms with Crippen molar-refractivity contribution in [1.82, 2.24) is 15.6 Å². The fourth-order valence-corrected chi connectivity index (χ4v) is 2.81. The molecule has 0 saturated carbocycles. The zero-order valence-corrected chi connectivity index (χ0v) is 18.8. The van der Waals surface area contributed by atoms with Gasteiger partial charge < -0.3 is 20.4 Å². The summed E-state index contributed by atoms with van der Waals surface area (Å²) in [4.78, 5) is 19.2. The van der Waals surface area contributed by atoms with Crippen LogP contribution in [0.1, 0.15) is 37.8 Å². The normalized spacial score (nSPS) is 11.1. The summed E-state index contributed by atoms with van der Waals surface area (Å²) < 4.78 is 4.92. The summed E-state index contributed by atoms with van der Waals surface area (Å²) in [5.74, 6) is 0.627. The van der Waals surface area contributed by atoms with Crippen LogP contribution in [0.5, 0.6) is 0 Å².